The number of hydrogen-bond donors (Lipinski definition) is 3. The van der Waals surface area contributed by atoms with Crippen LogP contribution in [0.5, 0.6) is 0 Å². The standard InChI is InChI=1S/C28H37NO3/c1-18-9-8-12-22-15-19(2)20(3)25-23(16-21-10-6-5-7-11-21)29-26(31)28(22,25)24(30)13-14-27(4,32)17-18/h5-8,10-15,18,20,22-25,30,32H,9,16-17H2,1-4H3,(H,29,31)/b12-8+,14-13?/t18-,20+,22-,23-,24+,25-,27-,28+/m0/s1. The van der Waals surface area contributed by atoms with E-state index in [-0.39, 0.29) is 29.7 Å². The largest absolute Gasteiger partial charge is 0.388 e. The molecule has 172 valence electrons. The second kappa shape index (κ2) is 8.64. The Hall–Kier alpha value is -2.17. The van der Waals surface area contributed by atoms with E-state index in [1.807, 2.05) is 18.2 Å². The van der Waals surface area contributed by atoms with E-state index in [0.717, 1.165) is 12.8 Å². The summed E-state index contributed by atoms with van der Waals surface area (Å²) in [5, 5.41) is 25.8. The maximum Gasteiger partial charge on any atom is 0.230 e. The number of aliphatic hydroxyl groups excluding tert-OH is 1. The number of nitrogens with one attached hydrogen (secondary N) is 1. The van der Waals surface area contributed by atoms with Crippen molar-refractivity contribution in [3.05, 3.63) is 71.8 Å². The molecule has 0 aromatic heterocycles. The summed E-state index contributed by atoms with van der Waals surface area (Å²) in [4.78, 5) is 13.8. The fourth-order valence-corrected chi connectivity index (χ4v) is 6.42. The molecular weight excluding hydrogens is 398 g/mol. The van der Waals surface area contributed by atoms with Gasteiger partial charge in [-0.15, -0.1) is 0 Å². The van der Waals surface area contributed by atoms with Crippen LogP contribution in [0.4, 0.5) is 0 Å². The van der Waals surface area contributed by atoms with Gasteiger partial charge in [-0.2, -0.15) is 0 Å². The lowest BCUT2D eigenvalue weighted by molar-refractivity contribution is -0.138. The van der Waals surface area contributed by atoms with Gasteiger partial charge in [-0.25, -0.2) is 0 Å². The van der Waals surface area contributed by atoms with Gasteiger partial charge in [0, 0.05) is 17.9 Å². The molecule has 4 rings (SSSR count). The van der Waals surface area contributed by atoms with Crippen molar-refractivity contribution in [2.24, 2.45) is 29.1 Å². The minimum absolute atomic E-state index is 0.0577. The number of benzene rings is 1. The second-order valence-corrected chi connectivity index (χ2v) is 10.6. The third-order valence-electron chi connectivity index (χ3n) is 8.01. The molecule has 1 heterocycles. The van der Waals surface area contributed by atoms with Crippen LogP contribution in [0.15, 0.2) is 66.3 Å². The topological polar surface area (TPSA) is 69.6 Å². The van der Waals surface area contributed by atoms with Crippen molar-refractivity contribution in [2.45, 2.75) is 64.7 Å². The number of rotatable bonds is 2. The van der Waals surface area contributed by atoms with Gasteiger partial charge in [0.15, 0.2) is 0 Å². The van der Waals surface area contributed by atoms with Crippen LogP contribution in [0.1, 0.15) is 46.1 Å². The lowest BCUT2D eigenvalue weighted by Gasteiger charge is -2.47. The summed E-state index contributed by atoms with van der Waals surface area (Å²) in [5.74, 6) is 0.110. The Morgan fingerprint density at radius 3 is 2.59 bits per heavy atom. The van der Waals surface area contributed by atoms with Crippen molar-refractivity contribution in [3.63, 3.8) is 0 Å². The highest BCUT2D eigenvalue weighted by atomic mass is 16.3. The second-order valence-electron chi connectivity index (χ2n) is 10.6. The van der Waals surface area contributed by atoms with Crippen molar-refractivity contribution >= 4 is 5.91 Å². The van der Waals surface area contributed by atoms with E-state index in [4.69, 9.17) is 0 Å². The van der Waals surface area contributed by atoms with E-state index in [9.17, 15) is 15.0 Å². The molecule has 4 nitrogen and oxygen atoms in total. The number of amides is 1. The normalized spacial score (nSPS) is 42.8. The third-order valence-corrected chi connectivity index (χ3v) is 8.01. The molecule has 8 atom stereocenters. The average molecular weight is 436 g/mol. The van der Waals surface area contributed by atoms with Crippen LogP contribution in [-0.2, 0) is 11.2 Å². The molecule has 1 aliphatic heterocycles. The van der Waals surface area contributed by atoms with E-state index in [1.54, 1.807) is 19.1 Å². The van der Waals surface area contributed by atoms with Crippen LogP contribution in [0.2, 0.25) is 0 Å². The highest BCUT2D eigenvalue weighted by molar-refractivity contribution is 5.88. The van der Waals surface area contributed by atoms with Crippen LogP contribution < -0.4 is 5.32 Å². The zero-order valence-corrected chi connectivity index (χ0v) is 19.7. The molecule has 1 spiro atoms. The average Bonchev–Trinajstić information content (AvgIpc) is 3.02. The van der Waals surface area contributed by atoms with Gasteiger partial charge in [-0.1, -0.05) is 80.1 Å². The van der Waals surface area contributed by atoms with Crippen LogP contribution in [0.25, 0.3) is 0 Å². The first-order valence-corrected chi connectivity index (χ1v) is 11.9. The summed E-state index contributed by atoms with van der Waals surface area (Å²) in [6.07, 6.45) is 11.0. The van der Waals surface area contributed by atoms with Gasteiger partial charge in [0.25, 0.3) is 0 Å². The summed E-state index contributed by atoms with van der Waals surface area (Å²) in [7, 11) is 0. The summed E-state index contributed by atoms with van der Waals surface area (Å²) < 4.78 is 0. The highest BCUT2D eigenvalue weighted by Gasteiger charge is 2.64. The van der Waals surface area contributed by atoms with E-state index < -0.39 is 17.1 Å². The maximum absolute atomic E-state index is 13.8. The van der Waals surface area contributed by atoms with Gasteiger partial charge < -0.3 is 15.5 Å². The van der Waals surface area contributed by atoms with E-state index in [2.05, 4.69) is 56.4 Å². The number of carbonyl (C=O) groups is 1. The van der Waals surface area contributed by atoms with Gasteiger partial charge >= 0.3 is 0 Å². The third kappa shape index (κ3) is 3.99. The van der Waals surface area contributed by atoms with E-state index in [1.165, 1.54) is 11.1 Å². The van der Waals surface area contributed by atoms with Crippen LogP contribution in [0, 0.1) is 29.1 Å². The fourth-order valence-electron chi connectivity index (χ4n) is 6.42. The summed E-state index contributed by atoms with van der Waals surface area (Å²) in [5.41, 5.74) is 0.431. The van der Waals surface area contributed by atoms with Crippen molar-refractivity contribution in [1.82, 2.24) is 5.32 Å². The number of aliphatic hydroxyl groups is 2. The Morgan fingerprint density at radius 1 is 1.16 bits per heavy atom. The molecule has 3 N–H and O–H groups in total. The molecule has 32 heavy (non-hydrogen) atoms. The Bertz CT molecular complexity index is 931. The van der Waals surface area contributed by atoms with Gasteiger partial charge in [-0.05, 0) is 50.5 Å². The predicted molar refractivity (Wildman–Crippen MR) is 128 cm³/mol. The molecule has 1 fully saturated rings. The zero-order valence-electron chi connectivity index (χ0n) is 19.7. The first-order chi connectivity index (χ1) is 15.1. The first kappa shape index (κ1) is 23.0. The summed E-state index contributed by atoms with van der Waals surface area (Å²) in [6, 6.07) is 10.2. The zero-order chi connectivity index (χ0) is 23.1. The quantitative estimate of drug-likeness (QED) is 0.610. The van der Waals surface area contributed by atoms with Crippen molar-refractivity contribution < 1.29 is 15.0 Å². The maximum atomic E-state index is 13.8. The van der Waals surface area contributed by atoms with Gasteiger partial charge in [0.05, 0.1) is 17.1 Å². The fraction of sp³-hybridized carbons (Fsp3) is 0.536. The summed E-state index contributed by atoms with van der Waals surface area (Å²) in [6.45, 7) is 8.23. The van der Waals surface area contributed by atoms with E-state index >= 15 is 0 Å². The number of carbonyl (C=O) groups excluding carboxylic acids is 1. The minimum Gasteiger partial charge on any atom is -0.388 e. The SMILES string of the molecule is CC1=C[C@@H]2/C=C/C[C@H](C)C[C@@](C)(O)C=C[C@@H](O)[C@]23C(=O)N[C@@H](Cc2ccccc2)[C@@H]3[C@@H]1C. The lowest BCUT2D eigenvalue weighted by Crippen LogP contribution is -2.54. The minimum atomic E-state index is -1.02. The molecule has 1 amide bonds. The van der Waals surface area contributed by atoms with Crippen LogP contribution in [0.3, 0.4) is 0 Å². The Labute approximate surface area is 192 Å². The number of hydrogen-bond acceptors (Lipinski definition) is 3. The molecule has 0 saturated carbocycles. The Kier molecular flexibility index (Phi) is 6.21. The molecule has 3 aliphatic rings. The molecule has 1 saturated heterocycles. The smallest absolute Gasteiger partial charge is 0.230 e. The van der Waals surface area contributed by atoms with Crippen LogP contribution in [-0.4, -0.2) is 33.9 Å². The molecule has 0 bridgehead atoms. The summed E-state index contributed by atoms with van der Waals surface area (Å²) >= 11 is 0. The van der Waals surface area contributed by atoms with Crippen molar-refractivity contribution in [1.29, 1.82) is 0 Å². The van der Waals surface area contributed by atoms with Crippen molar-refractivity contribution in [2.75, 3.05) is 0 Å². The van der Waals surface area contributed by atoms with Gasteiger partial charge in [0.1, 0.15) is 0 Å². The monoisotopic (exact) mass is 435 g/mol. The molecule has 1 aromatic rings. The highest BCUT2D eigenvalue weighted by Crippen LogP contribution is 2.56. The molecule has 1 aromatic carbocycles. The molecule has 2 aliphatic carbocycles. The molecule has 0 radical (unpaired) electrons. The first-order valence-electron chi connectivity index (χ1n) is 11.9. The van der Waals surface area contributed by atoms with Crippen LogP contribution >= 0.6 is 0 Å². The Balaban J connectivity index is 1.83. The Morgan fingerprint density at radius 2 is 1.88 bits per heavy atom. The molecule has 4 heteroatoms. The number of allylic oxidation sites excluding steroid dienone is 4. The van der Waals surface area contributed by atoms with Crippen molar-refractivity contribution in [3.8, 4) is 0 Å². The lowest BCUT2D eigenvalue weighted by atomic mass is 9.54. The van der Waals surface area contributed by atoms with E-state index in [0.29, 0.717) is 12.3 Å². The molecule has 0 unspecified atom stereocenters. The predicted octanol–water partition coefficient (Wildman–Crippen LogP) is 4.20. The van der Waals surface area contributed by atoms with Gasteiger partial charge in [0.2, 0.25) is 5.91 Å². The van der Waals surface area contributed by atoms with Gasteiger partial charge in [-0.3, -0.25) is 4.79 Å². The molecular formula is C28H37NO3.